The molecule has 1 aromatic rings. The summed E-state index contributed by atoms with van der Waals surface area (Å²) in [7, 11) is 0. The molecule has 1 unspecified atom stereocenters. The Kier molecular flexibility index (Phi) is 3.72. The summed E-state index contributed by atoms with van der Waals surface area (Å²) in [6.07, 6.45) is 2.39. The van der Waals surface area contributed by atoms with E-state index in [1.807, 2.05) is 0 Å². The maximum absolute atomic E-state index is 5.75. The zero-order valence-corrected chi connectivity index (χ0v) is 11.0. The van der Waals surface area contributed by atoms with Crippen LogP contribution in [0.1, 0.15) is 26.7 Å². The van der Waals surface area contributed by atoms with Gasteiger partial charge in [0.05, 0.1) is 0 Å². The molecule has 17 heavy (non-hydrogen) atoms. The fourth-order valence-corrected chi connectivity index (χ4v) is 2.79. The van der Waals surface area contributed by atoms with Gasteiger partial charge >= 0.3 is 0 Å². The molecule has 0 amide bonds. The molecule has 1 saturated heterocycles. The third-order valence-corrected chi connectivity index (χ3v) is 4.21. The Hall–Kier alpha value is -1.02. The highest BCUT2D eigenvalue weighted by Gasteiger charge is 2.34. The molecule has 2 nitrogen and oxygen atoms in total. The number of piperidine rings is 1. The molecule has 2 rings (SSSR count). The molecular weight excluding hydrogens is 208 g/mol. The summed E-state index contributed by atoms with van der Waals surface area (Å²) < 4.78 is 0. The van der Waals surface area contributed by atoms with E-state index in [0.717, 1.165) is 26.1 Å². The maximum atomic E-state index is 5.75. The van der Waals surface area contributed by atoms with Crippen LogP contribution in [0, 0.1) is 11.3 Å². The van der Waals surface area contributed by atoms with Gasteiger partial charge in [0.15, 0.2) is 0 Å². The lowest BCUT2D eigenvalue weighted by Gasteiger charge is -2.45. The summed E-state index contributed by atoms with van der Waals surface area (Å²) >= 11 is 0. The summed E-state index contributed by atoms with van der Waals surface area (Å²) in [5.41, 5.74) is 7.53. The van der Waals surface area contributed by atoms with Crippen LogP contribution in [0.5, 0.6) is 0 Å². The highest BCUT2D eigenvalue weighted by Crippen LogP contribution is 2.38. The van der Waals surface area contributed by atoms with Gasteiger partial charge in [0.25, 0.3) is 0 Å². The Morgan fingerprint density at radius 1 is 1.29 bits per heavy atom. The normalized spacial score (nSPS) is 23.7. The van der Waals surface area contributed by atoms with Crippen molar-refractivity contribution in [1.82, 2.24) is 0 Å². The first-order chi connectivity index (χ1) is 8.13. The van der Waals surface area contributed by atoms with Gasteiger partial charge in [-0.15, -0.1) is 0 Å². The highest BCUT2D eigenvalue weighted by atomic mass is 15.1. The smallest absolute Gasteiger partial charge is 0.0366 e. The quantitative estimate of drug-likeness (QED) is 0.868. The molecule has 94 valence electrons. The first-order valence-electron chi connectivity index (χ1n) is 6.63. The molecule has 0 saturated carbocycles. The van der Waals surface area contributed by atoms with Crippen LogP contribution in [0.2, 0.25) is 0 Å². The van der Waals surface area contributed by atoms with Crippen LogP contribution in [0.4, 0.5) is 5.69 Å². The van der Waals surface area contributed by atoms with Crippen molar-refractivity contribution < 1.29 is 0 Å². The molecule has 0 aliphatic carbocycles. The topological polar surface area (TPSA) is 29.3 Å². The Bertz CT molecular complexity index is 345. The Morgan fingerprint density at radius 3 is 2.65 bits per heavy atom. The second-order valence-corrected chi connectivity index (χ2v) is 5.79. The standard InChI is InChI=1S/C15H24N2/c1-15(2)9-11-17(12-13(15)8-10-16)14-6-4-3-5-7-14/h3-7,13H,8-12,16H2,1-2H3. The number of hydrogen-bond donors (Lipinski definition) is 1. The first kappa shape index (κ1) is 12.4. The van der Waals surface area contributed by atoms with Gasteiger partial charge in [0, 0.05) is 18.8 Å². The van der Waals surface area contributed by atoms with Crippen molar-refractivity contribution in [2.24, 2.45) is 17.1 Å². The van der Waals surface area contributed by atoms with Gasteiger partial charge < -0.3 is 10.6 Å². The van der Waals surface area contributed by atoms with E-state index in [2.05, 4.69) is 49.1 Å². The third-order valence-electron chi connectivity index (χ3n) is 4.21. The van der Waals surface area contributed by atoms with Gasteiger partial charge in [-0.05, 0) is 42.9 Å². The van der Waals surface area contributed by atoms with E-state index in [4.69, 9.17) is 5.73 Å². The minimum absolute atomic E-state index is 0.435. The number of para-hydroxylation sites is 1. The van der Waals surface area contributed by atoms with Gasteiger partial charge in [-0.3, -0.25) is 0 Å². The average molecular weight is 232 g/mol. The molecule has 0 spiro atoms. The second-order valence-electron chi connectivity index (χ2n) is 5.79. The Morgan fingerprint density at radius 2 is 2.00 bits per heavy atom. The molecule has 2 heteroatoms. The molecule has 0 bridgehead atoms. The Balaban J connectivity index is 2.09. The van der Waals surface area contributed by atoms with Crippen LogP contribution in [0.15, 0.2) is 30.3 Å². The lowest BCUT2D eigenvalue weighted by atomic mass is 9.72. The zero-order valence-electron chi connectivity index (χ0n) is 11.0. The molecular formula is C15H24N2. The molecule has 1 aliphatic heterocycles. The summed E-state index contributed by atoms with van der Waals surface area (Å²) in [5.74, 6) is 0.710. The van der Waals surface area contributed by atoms with Crippen LogP contribution in [-0.4, -0.2) is 19.6 Å². The lowest BCUT2D eigenvalue weighted by molar-refractivity contribution is 0.163. The van der Waals surface area contributed by atoms with E-state index in [1.165, 1.54) is 12.1 Å². The van der Waals surface area contributed by atoms with Gasteiger partial charge in [-0.1, -0.05) is 32.0 Å². The van der Waals surface area contributed by atoms with Crippen molar-refractivity contribution >= 4 is 5.69 Å². The fraction of sp³-hybridized carbons (Fsp3) is 0.600. The number of anilines is 1. The molecule has 0 radical (unpaired) electrons. The number of hydrogen-bond acceptors (Lipinski definition) is 2. The summed E-state index contributed by atoms with van der Waals surface area (Å²) in [5, 5.41) is 0. The maximum Gasteiger partial charge on any atom is 0.0366 e. The third kappa shape index (κ3) is 2.81. The van der Waals surface area contributed by atoms with E-state index in [1.54, 1.807) is 0 Å². The van der Waals surface area contributed by atoms with Crippen molar-refractivity contribution in [1.29, 1.82) is 0 Å². The molecule has 1 aliphatic rings. The predicted molar refractivity (Wildman–Crippen MR) is 74.2 cm³/mol. The van der Waals surface area contributed by atoms with Gasteiger partial charge in [0.2, 0.25) is 0 Å². The van der Waals surface area contributed by atoms with E-state index in [9.17, 15) is 0 Å². The van der Waals surface area contributed by atoms with Crippen LogP contribution >= 0.6 is 0 Å². The lowest BCUT2D eigenvalue weighted by Crippen LogP contribution is -2.45. The predicted octanol–water partition coefficient (Wildman–Crippen LogP) is 2.89. The number of rotatable bonds is 3. The van der Waals surface area contributed by atoms with Crippen molar-refractivity contribution in [2.45, 2.75) is 26.7 Å². The van der Waals surface area contributed by atoms with Crippen LogP contribution in [0.25, 0.3) is 0 Å². The van der Waals surface area contributed by atoms with Crippen LogP contribution < -0.4 is 10.6 Å². The Labute approximate surface area is 105 Å². The summed E-state index contributed by atoms with van der Waals surface area (Å²) in [6.45, 7) is 7.88. The number of nitrogens with two attached hydrogens (primary N) is 1. The van der Waals surface area contributed by atoms with Crippen LogP contribution in [-0.2, 0) is 0 Å². The van der Waals surface area contributed by atoms with Crippen molar-refractivity contribution in [3.8, 4) is 0 Å². The van der Waals surface area contributed by atoms with Crippen molar-refractivity contribution in [3.63, 3.8) is 0 Å². The molecule has 0 aromatic heterocycles. The molecule has 2 N–H and O–H groups in total. The highest BCUT2D eigenvalue weighted by molar-refractivity contribution is 5.46. The van der Waals surface area contributed by atoms with Gasteiger partial charge in [0.1, 0.15) is 0 Å². The van der Waals surface area contributed by atoms with Gasteiger partial charge in [-0.2, -0.15) is 0 Å². The summed E-state index contributed by atoms with van der Waals surface area (Å²) in [4.78, 5) is 2.51. The minimum Gasteiger partial charge on any atom is -0.371 e. The molecule has 1 heterocycles. The number of nitrogens with zero attached hydrogens (tertiary/aromatic N) is 1. The molecule has 1 atom stereocenters. The van der Waals surface area contributed by atoms with E-state index in [-0.39, 0.29) is 0 Å². The zero-order chi connectivity index (χ0) is 12.3. The van der Waals surface area contributed by atoms with Crippen LogP contribution in [0.3, 0.4) is 0 Å². The molecule has 1 aromatic carbocycles. The SMILES string of the molecule is CC1(C)CCN(c2ccccc2)CC1CCN. The number of benzene rings is 1. The van der Waals surface area contributed by atoms with Crippen molar-refractivity contribution in [3.05, 3.63) is 30.3 Å². The van der Waals surface area contributed by atoms with E-state index in [0.29, 0.717) is 11.3 Å². The molecule has 1 fully saturated rings. The van der Waals surface area contributed by atoms with Gasteiger partial charge in [-0.25, -0.2) is 0 Å². The monoisotopic (exact) mass is 232 g/mol. The first-order valence-corrected chi connectivity index (χ1v) is 6.63. The van der Waals surface area contributed by atoms with E-state index < -0.39 is 0 Å². The second kappa shape index (κ2) is 5.09. The van der Waals surface area contributed by atoms with E-state index >= 15 is 0 Å². The minimum atomic E-state index is 0.435. The average Bonchev–Trinajstić information content (AvgIpc) is 2.33. The van der Waals surface area contributed by atoms with Crippen molar-refractivity contribution in [2.75, 3.05) is 24.5 Å². The summed E-state index contributed by atoms with van der Waals surface area (Å²) in [6, 6.07) is 10.7. The fourth-order valence-electron chi connectivity index (χ4n) is 2.79. The largest absolute Gasteiger partial charge is 0.371 e.